The lowest BCUT2D eigenvalue weighted by atomic mass is 10.5. The molecule has 0 amide bonds. The van der Waals surface area contributed by atoms with Gasteiger partial charge in [-0.15, -0.1) is 0 Å². The maximum absolute atomic E-state index is 11.2. The third-order valence-corrected chi connectivity index (χ3v) is 4.36. The van der Waals surface area contributed by atoms with E-state index in [-0.39, 0.29) is 17.9 Å². The van der Waals surface area contributed by atoms with Crippen LogP contribution in [0.4, 0.5) is 0 Å². The van der Waals surface area contributed by atoms with Gasteiger partial charge in [-0.3, -0.25) is 4.79 Å². The zero-order chi connectivity index (χ0) is 12.1. The summed E-state index contributed by atoms with van der Waals surface area (Å²) in [5, 5.41) is 8.27. The summed E-state index contributed by atoms with van der Waals surface area (Å²) < 4.78 is 43.7. The number of aliphatic carboxylic acids is 1. The van der Waals surface area contributed by atoms with Crippen LogP contribution in [-0.2, 0) is 24.5 Å². The average Bonchev–Trinajstić information content (AvgIpc) is 1.98. The molecule has 0 aliphatic heterocycles. The van der Waals surface area contributed by atoms with Crippen LogP contribution in [-0.4, -0.2) is 51.4 Å². The van der Waals surface area contributed by atoms with Gasteiger partial charge in [0.05, 0.1) is 23.7 Å². The van der Waals surface area contributed by atoms with Crippen molar-refractivity contribution in [3.8, 4) is 0 Å². The fraction of sp³-hybridized carbons (Fsp3) is 0.857. The SMILES string of the molecule is CS(=O)(=O)CCCS(=O)(=O)CCC(=O)O. The molecule has 0 saturated heterocycles. The summed E-state index contributed by atoms with van der Waals surface area (Å²) in [5.74, 6) is -2.10. The molecule has 0 fully saturated rings. The third kappa shape index (κ3) is 9.67. The summed E-state index contributed by atoms with van der Waals surface area (Å²) in [6.45, 7) is 0. The van der Waals surface area contributed by atoms with E-state index in [9.17, 15) is 21.6 Å². The minimum absolute atomic E-state index is 0.0147. The van der Waals surface area contributed by atoms with Crippen molar-refractivity contribution in [3.05, 3.63) is 0 Å². The molecule has 0 aromatic carbocycles. The lowest BCUT2D eigenvalue weighted by molar-refractivity contribution is -0.136. The first-order valence-electron chi connectivity index (χ1n) is 4.22. The Hall–Kier alpha value is -0.630. The van der Waals surface area contributed by atoms with E-state index in [1.54, 1.807) is 0 Å². The zero-order valence-electron chi connectivity index (χ0n) is 8.34. The molecule has 0 rings (SSSR count). The predicted molar refractivity (Wildman–Crippen MR) is 55.2 cm³/mol. The third-order valence-electron chi connectivity index (χ3n) is 1.60. The molecule has 90 valence electrons. The van der Waals surface area contributed by atoms with Crippen LogP contribution in [0.3, 0.4) is 0 Å². The molecule has 0 heterocycles. The van der Waals surface area contributed by atoms with E-state index in [4.69, 9.17) is 5.11 Å². The van der Waals surface area contributed by atoms with E-state index < -0.39 is 37.8 Å². The topological polar surface area (TPSA) is 106 Å². The highest BCUT2D eigenvalue weighted by atomic mass is 32.2. The molecule has 1 N–H and O–H groups in total. The molecule has 15 heavy (non-hydrogen) atoms. The minimum Gasteiger partial charge on any atom is -0.481 e. The summed E-state index contributed by atoms with van der Waals surface area (Å²) in [5.41, 5.74) is 0. The Morgan fingerprint density at radius 3 is 2.00 bits per heavy atom. The largest absolute Gasteiger partial charge is 0.481 e. The Kier molecular flexibility index (Phi) is 5.22. The summed E-state index contributed by atoms with van der Waals surface area (Å²) in [6.07, 6.45) is 0.596. The Bertz CT molecular complexity index is 405. The molecular weight excluding hydrogens is 244 g/mol. The predicted octanol–water partition coefficient (Wildman–Crippen LogP) is -0.689. The summed E-state index contributed by atoms with van der Waals surface area (Å²) >= 11 is 0. The van der Waals surface area contributed by atoms with Crippen LogP contribution in [0, 0.1) is 0 Å². The van der Waals surface area contributed by atoms with Gasteiger partial charge in [0, 0.05) is 6.26 Å². The van der Waals surface area contributed by atoms with E-state index in [2.05, 4.69) is 0 Å². The molecule has 6 nitrogen and oxygen atoms in total. The molecule has 0 bridgehead atoms. The van der Waals surface area contributed by atoms with Crippen LogP contribution in [0.1, 0.15) is 12.8 Å². The highest BCUT2D eigenvalue weighted by Gasteiger charge is 2.14. The Balaban J connectivity index is 4.01. The second kappa shape index (κ2) is 5.45. The number of carbonyl (C=O) groups is 1. The number of hydrogen-bond acceptors (Lipinski definition) is 5. The van der Waals surface area contributed by atoms with Gasteiger partial charge >= 0.3 is 5.97 Å². The lowest BCUT2D eigenvalue weighted by Gasteiger charge is -2.01. The van der Waals surface area contributed by atoms with Gasteiger partial charge in [-0.25, -0.2) is 16.8 Å². The highest BCUT2D eigenvalue weighted by Crippen LogP contribution is 1.99. The van der Waals surface area contributed by atoms with Crippen molar-refractivity contribution in [2.24, 2.45) is 0 Å². The summed E-state index contributed by atoms with van der Waals surface area (Å²) in [7, 11) is -6.60. The molecular formula is C7H14O6S2. The standard InChI is InChI=1S/C7H14O6S2/c1-14(10,11)4-2-5-15(12,13)6-3-7(8)9/h2-6H2,1H3,(H,8,9). The molecule has 0 atom stereocenters. The smallest absolute Gasteiger partial charge is 0.304 e. The van der Waals surface area contributed by atoms with E-state index in [0.717, 1.165) is 6.26 Å². The average molecular weight is 258 g/mol. The van der Waals surface area contributed by atoms with Gasteiger partial charge < -0.3 is 5.11 Å². The van der Waals surface area contributed by atoms with Crippen LogP contribution >= 0.6 is 0 Å². The van der Waals surface area contributed by atoms with Gasteiger partial charge in [-0.1, -0.05) is 0 Å². The number of carboxylic acid groups (broad SMARTS) is 1. The number of sulfone groups is 2. The molecule has 0 unspecified atom stereocenters. The van der Waals surface area contributed by atoms with Crippen molar-refractivity contribution in [3.63, 3.8) is 0 Å². The van der Waals surface area contributed by atoms with Crippen LogP contribution in [0.2, 0.25) is 0 Å². The quantitative estimate of drug-likeness (QED) is 0.648. The second-order valence-electron chi connectivity index (χ2n) is 3.28. The normalized spacial score (nSPS) is 12.6. The maximum atomic E-state index is 11.2. The van der Waals surface area contributed by atoms with Crippen molar-refractivity contribution >= 4 is 25.6 Å². The van der Waals surface area contributed by atoms with Gasteiger partial charge in [0.1, 0.15) is 9.84 Å². The van der Waals surface area contributed by atoms with E-state index in [1.807, 2.05) is 0 Å². The first-order chi connectivity index (χ1) is 6.62. The molecule has 0 aromatic heterocycles. The van der Waals surface area contributed by atoms with Crippen LogP contribution in [0.25, 0.3) is 0 Å². The fourth-order valence-corrected chi connectivity index (χ4v) is 3.01. The first-order valence-corrected chi connectivity index (χ1v) is 8.10. The molecule has 0 spiro atoms. The molecule has 0 aromatic rings. The van der Waals surface area contributed by atoms with Crippen molar-refractivity contribution in [2.75, 3.05) is 23.5 Å². The summed E-state index contributed by atoms with van der Waals surface area (Å²) in [4.78, 5) is 10.1. The zero-order valence-corrected chi connectivity index (χ0v) is 9.97. The van der Waals surface area contributed by atoms with Crippen LogP contribution in [0.5, 0.6) is 0 Å². The fourth-order valence-electron chi connectivity index (χ4n) is 0.886. The van der Waals surface area contributed by atoms with Gasteiger partial charge in [-0.2, -0.15) is 0 Å². The monoisotopic (exact) mass is 258 g/mol. The van der Waals surface area contributed by atoms with Crippen molar-refractivity contribution < 1.29 is 26.7 Å². The van der Waals surface area contributed by atoms with Crippen LogP contribution in [0.15, 0.2) is 0 Å². The highest BCUT2D eigenvalue weighted by molar-refractivity contribution is 7.92. The number of rotatable bonds is 7. The Labute approximate surface area is 89.1 Å². The van der Waals surface area contributed by atoms with E-state index in [1.165, 1.54) is 0 Å². The Morgan fingerprint density at radius 2 is 1.60 bits per heavy atom. The second-order valence-corrected chi connectivity index (χ2v) is 7.84. The number of hydrogen-bond donors (Lipinski definition) is 1. The number of carboxylic acids is 1. The van der Waals surface area contributed by atoms with Crippen molar-refractivity contribution in [1.82, 2.24) is 0 Å². The molecule has 0 saturated carbocycles. The summed E-state index contributed by atoms with van der Waals surface area (Å²) in [6, 6.07) is 0. The van der Waals surface area contributed by atoms with Crippen molar-refractivity contribution in [1.29, 1.82) is 0 Å². The van der Waals surface area contributed by atoms with Gasteiger partial charge in [0.15, 0.2) is 9.84 Å². The molecule has 8 heteroatoms. The van der Waals surface area contributed by atoms with Crippen LogP contribution < -0.4 is 0 Å². The molecule has 0 aliphatic rings. The first kappa shape index (κ1) is 14.4. The minimum atomic E-state index is -3.44. The molecule has 0 radical (unpaired) electrons. The Morgan fingerprint density at radius 1 is 1.07 bits per heavy atom. The molecule has 0 aliphatic carbocycles. The lowest BCUT2D eigenvalue weighted by Crippen LogP contribution is -2.16. The van der Waals surface area contributed by atoms with Crippen molar-refractivity contribution in [2.45, 2.75) is 12.8 Å². The van der Waals surface area contributed by atoms with Gasteiger partial charge in [0.25, 0.3) is 0 Å². The van der Waals surface area contributed by atoms with Gasteiger partial charge in [0.2, 0.25) is 0 Å². The van der Waals surface area contributed by atoms with E-state index >= 15 is 0 Å². The maximum Gasteiger partial charge on any atom is 0.304 e. The van der Waals surface area contributed by atoms with Gasteiger partial charge in [-0.05, 0) is 6.42 Å². The van der Waals surface area contributed by atoms with E-state index in [0.29, 0.717) is 0 Å².